The first-order valence-electron chi connectivity index (χ1n) is 10.8. The Morgan fingerprint density at radius 1 is 0.889 bits per heavy atom. The fraction of sp³-hybridized carbons (Fsp3) is 0.0769. The zero-order valence-corrected chi connectivity index (χ0v) is 21.7. The van der Waals surface area contributed by atoms with Crippen molar-refractivity contribution in [2.45, 2.75) is 6.54 Å². The predicted octanol–water partition coefficient (Wildman–Crippen LogP) is 5.75. The molecule has 1 fully saturated rings. The zero-order chi connectivity index (χ0) is 25.4. The van der Waals surface area contributed by atoms with Gasteiger partial charge in [0.2, 0.25) is 5.91 Å². The molecule has 0 saturated carbocycles. The fourth-order valence-electron chi connectivity index (χ4n) is 4.02. The van der Waals surface area contributed by atoms with Gasteiger partial charge in [0.15, 0.2) is 0 Å². The maximum atomic E-state index is 13.6. The Kier molecular flexibility index (Phi) is 6.85. The number of hydrogen-bond acceptors (Lipinski definition) is 5. The number of thioether (sulfide) groups is 1. The summed E-state index contributed by atoms with van der Waals surface area (Å²) in [5.41, 5.74) is 2.69. The number of halogens is 2. The summed E-state index contributed by atoms with van der Waals surface area (Å²) in [6, 6.07) is 21.0. The van der Waals surface area contributed by atoms with Crippen LogP contribution in [0.25, 0.3) is 5.57 Å². The Morgan fingerprint density at radius 2 is 1.58 bits per heavy atom. The fourth-order valence-corrected chi connectivity index (χ4v) is 5.66. The van der Waals surface area contributed by atoms with Gasteiger partial charge >= 0.3 is 0 Å². The van der Waals surface area contributed by atoms with E-state index in [0.29, 0.717) is 31.3 Å². The van der Waals surface area contributed by atoms with Crippen molar-refractivity contribution >= 4 is 86.2 Å². The molecule has 0 aliphatic carbocycles. The SMILES string of the molecule is O=C(CN1C(=O)/C(=C2\SC(=S)N(Cc3ccccc3Cl)C2=O)c2ccccc21)Nc1ccc(Cl)cc1. The Balaban J connectivity index is 1.43. The number of nitrogens with one attached hydrogen (secondary N) is 1. The van der Waals surface area contributed by atoms with Gasteiger partial charge in [0.1, 0.15) is 10.9 Å². The molecular weight excluding hydrogens is 537 g/mol. The highest BCUT2D eigenvalue weighted by atomic mass is 35.5. The first-order valence-corrected chi connectivity index (χ1v) is 12.8. The van der Waals surface area contributed by atoms with E-state index in [1.165, 1.54) is 9.80 Å². The van der Waals surface area contributed by atoms with Crippen molar-refractivity contribution in [3.8, 4) is 0 Å². The van der Waals surface area contributed by atoms with Crippen LogP contribution in [0.15, 0.2) is 77.7 Å². The number of anilines is 2. The molecule has 0 spiro atoms. The van der Waals surface area contributed by atoms with E-state index in [1.807, 2.05) is 18.2 Å². The monoisotopic (exact) mass is 553 g/mol. The number of rotatable bonds is 5. The minimum atomic E-state index is -0.430. The summed E-state index contributed by atoms with van der Waals surface area (Å²) in [5, 5.41) is 3.84. The van der Waals surface area contributed by atoms with Crippen molar-refractivity contribution in [3.63, 3.8) is 0 Å². The Labute approximate surface area is 226 Å². The van der Waals surface area contributed by atoms with Crippen LogP contribution in [-0.4, -0.2) is 33.5 Å². The molecule has 1 saturated heterocycles. The van der Waals surface area contributed by atoms with Crippen molar-refractivity contribution < 1.29 is 14.4 Å². The second-order valence-electron chi connectivity index (χ2n) is 8.02. The van der Waals surface area contributed by atoms with Crippen molar-refractivity contribution in [1.29, 1.82) is 0 Å². The Bertz CT molecular complexity index is 1460. The number of benzene rings is 3. The van der Waals surface area contributed by atoms with Crippen LogP contribution in [0.3, 0.4) is 0 Å². The molecule has 0 radical (unpaired) electrons. The number of nitrogens with zero attached hydrogens (tertiary/aromatic N) is 2. The van der Waals surface area contributed by atoms with E-state index < -0.39 is 5.91 Å². The molecule has 10 heteroatoms. The smallest absolute Gasteiger partial charge is 0.267 e. The lowest BCUT2D eigenvalue weighted by atomic mass is 10.1. The average Bonchev–Trinajstić information content (AvgIpc) is 3.29. The molecule has 0 atom stereocenters. The second kappa shape index (κ2) is 10.1. The summed E-state index contributed by atoms with van der Waals surface area (Å²) in [4.78, 5) is 42.8. The summed E-state index contributed by atoms with van der Waals surface area (Å²) in [6.45, 7) is -0.0218. The molecule has 2 aliphatic heterocycles. The molecule has 180 valence electrons. The van der Waals surface area contributed by atoms with Crippen LogP contribution in [0.2, 0.25) is 10.0 Å². The van der Waals surface area contributed by atoms with Crippen LogP contribution in [-0.2, 0) is 20.9 Å². The summed E-state index contributed by atoms with van der Waals surface area (Å²) >= 11 is 18.7. The highest BCUT2D eigenvalue weighted by molar-refractivity contribution is 8.26. The van der Waals surface area contributed by atoms with Crippen LogP contribution in [0, 0.1) is 0 Å². The number of fused-ring (bicyclic) bond motifs is 1. The van der Waals surface area contributed by atoms with Crippen molar-refractivity contribution in [2.24, 2.45) is 0 Å². The van der Waals surface area contributed by atoms with E-state index in [1.54, 1.807) is 54.6 Å². The lowest BCUT2D eigenvalue weighted by Gasteiger charge is -2.17. The van der Waals surface area contributed by atoms with Crippen molar-refractivity contribution in [3.05, 3.63) is 98.9 Å². The van der Waals surface area contributed by atoms with Crippen LogP contribution < -0.4 is 10.2 Å². The van der Waals surface area contributed by atoms with E-state index in [0.717, 1.165) is 17.3 Å². The number of carbonyl (C=O) groups is 3. The van der Waals surface area contributed by atoms with Gasteiger partial charge in [-0.2, -0.15) is 0 Å². The molecule has 0 bridgehead atoms. The molecule has 5 rings (SSSR count). The van der Waals surface area contributed by atoms with E-state index >= 15 is 0 Å². The van der Waals surface area contributed by atoms with Gasteiger partial charge in [-0.3, -0.25) is 24.2 Å². The molecule has 3 aromatic carbocycles. The lowest BCUT2D eigenvalue weighted by molar-refractivity contribution is -0.122. The second-order valence-corrected chi connectivity index (χ2v) is 10.5. The normalized spacial score (nSPS) is 17.1. The molecular formula is C26H17Cl2N3O3S2. The van der Waals surface area contributed by atoms with E-state index in [4.69, 9.17) is 35.4 Å². The van der Waals surface area contributed by atoms with Crippen molar-refractivity contribution in [2.75, 3.05) is 16.8 Å². The van der Waals surface area contributed by atoms with Gasteiger partial charge in [0.25, 0.3) is 11.8 Å². The zero-order valence-electron chi connectivity index (χ0n) is 18.5. The third-order valence-electron chi connectivity index (χ3n) is 5.72. The number of hydrogen-bond donors (Lipinski definition) is 1. The summed E-state index contributed by atoms with van der Waals surface area (Å²) in [7, 11) is 0. The average molecular weight is 554 g/mol. The third-order valence-corrected chi connectivity index (χ3v) is 7.78. The van der Waals surface area contributed by atoms with Crippen LogP contribution >= 0.6 is 47.2 Å². The van der Waals surface area contributed by atoms with Gasteiger partial charge < -0.3 is 5.32 Å². The summed E-state index contributed by atoms with van der Waals surface area (Å²) in [5.74, 6) is -1.18. The molecule has 36 heavy (non-hydrogen) atoms. The van der Waals surface area contributed by atoms with Gasteiger partial charge in [0.05, 0.1) is 22.7 Å². The molecule has 2 heterocycles. The standard InChI is InChI=1S/C26H17Cl2N3O3S2/c27-16-9-11-17(12-10-16)29-21(32)14-30-20-8-4-2-6-18(20)22(24(30)33)23-25(34)31(26(35)36-23)13-15-5-1-3-7-19(15)28/h1-12H,13-14H2,(H,29,32)/b23-22-. The quantitative estimate of drug-likeness (QED) is 0.321. The van der Waals surface area contributed by atoms with Gasteiger partial charge in [-0.15, -0.1) is 0 Å². The van der Waals surface area contributed by atoms with Crippen LogP contribution in [0.1, 0.15) is 11.1 Å². The van der Waals surface area contributed by atoms with E-state index in [-0.39, 0.29) is 35.4 Å². The number of amides is 3. The topological polar surface area (TPSA) is 69.7 Å². The number of carbonyl (C=O) groups excluding carboxylic acids is 3. The largest absolute Gasteiger partial charge is 0.325 e. The Hall–Kier alpha value is -3.17. The lowest BCUT2D eigenvalue weighted by Crippen LogP contribution is -2.35. The molecule has 0 aromatic heterocycles. The predicted molar refractivity (Wildman–Crippen MR) is 148 cm³/mol. The highest BCUT2D eigenvalue weighted by Crippen LogP contribution is 2.45. The first kappa shape index (κ1) is 24.5. The van der Waals surface area contributed by atoms with E-state index in [9.17, 15) is 14.4 Å². The summed E-state index contributed by atoms with van der Waals surface area (Å²) in [6.07, 6.45) is 0. The number of thiocarbonyl (C=S) groups is 1. The third kappa shape index (κ3) is 4.65. The Morgan fingerprint density at radius 3 is 2.33 bits per heavy atom. The number of para-hydroxylation sites is 1. The van der Waals surface area contributed by atoms with Gasteiger partial charge in [-0.1, -0.05) is 83.6 Å². The van der Waals surface area contributed by atoms with Crippen molar-refractivity contribution in [1.82, 2.24) is 4.90 Å². The van der Waals surface area contributed by atoms with Crippen LogP contribution in [0.4, 0.5) is 11.4 Å². The molecule has 3 aromatic rings. The molecule has 3 amide bonds. The van der Waals surface area contributed by atoms with E-state index in [2.05, 4.69) is 5.32 Å². The molecule has 0 unspecified atom stereocenters. The summed E-state index contributed by atoms with van der Waals surface area (Å²) < 4.78 is 0.339. The maximum absolute atomic E-state index is 13.6. The molecule has 6 nitrogen and oxygen atoms in total. The van der Waals surface area contributed by atoms with Gasteiger partial charge in [0, 0.05) is 21.3 Å². The van der Waals surface area contributed by atoms with Gasteiger partial charge in [-0.25, -0.2) is 0 Å². The molecule has 2 aliphatic rings. The minimum Gasteiger partial charge on any atom is -0.325 e. The maximum Gasteiger partial charge on any atom is 0.267 e. The van der Waals surface area contributed by atoms with Gasteiger partial charge in [-0.05, 0) is 42.0 Å². The van der Waals surface area contributed by atoms with Crippen LogP contribution in [0.5, 0.6) is 0 Å². The highest BCUT2D eigenvalue weighted by Gasteiger charge is 2.42. The molecule has 1 N–H and O–H groups in total. The first-order chi connectivity index (χ1) is 17.3. The minimum absolute atomic E-state index is 0.199.